The van der Waals surface area contributed by atoms with Gasteiger partial charge < -0.3 is 19.5 Å². The molecule has 1 fully saturated rings. The number of nitrogens with zero attached hydrogens (tertiary/aromatic N) is 3. The summed E-state index contributed by atoms with van der Waals surface area (Å²) in [7, 11) is 3.09. The fourth-order valence-electron chi connectivity index (χ4n) is 2.04. The van der Waals surface area contributed by atoms with Gasteiger partial charge in [-0.15, -0.1) is 0 Å². The minimum absolute atomic E-state index is 0.0677. The molecule has 9 nitrogen and oxygen atoms in total. The van der Waals surface area contributed by atoms with Crippen LogP contribution < -0.4 is 10.1 Å². The molecule has 116 valence electrons. The molecule has 1 aliphatic heterocycles. The average Bonchev–Trinajstić information content (AvgIpc) is 3.00. The molecule has 0 amide bonds. The Hall–Kier alpha value is -2.00. The molecular formula is C12H18N4O5. The summed E-state index contributed by atoms with van der Waals surface area (Å²) in [5.41, 5.74) is -0.282. The number of rotatable bonds is 7. The van der Waals surface area contributed by atoms with Crippen LogP contribution in [0, 0.1) is 10.1 Å². The van der Waals surface area contributed by atoms with Crippen molar-refractivity contribution in [3.8, 4) is 5.88 Å². The van der Waals surface area contributed by atoms with Crippen LogP contribution in [0.5, 0.6) is 5.88 Å². The quantitative estimate of drug-likeness (QED) is 0.456. The summed E-state index contributed by atoms with van der Waals surface area (Å²) in [6.45, 7) is 1.12. The van der Waals surface area contributed by atoms with Gasteiger partial charge in [0.1, 0.15) is 12.7 Å². The number of nitro groups is 1. The van der Waals surface area contributed by atoms with E-state index in [2.05, 4.69) is 15.3 Å². The maximum atomic E-state index is 11.2. The van der Waals surface area contributed by atoms with E-state index in [1.54, 1.807) is 7.05 Å². The van der Waals surface area contributed by atoms with Gasteiger partial charge in [0, 0.05) is 20.8 Å². The van der Waals surface area contributed by atoms with E-state index in [1.165, 1.54) is 7.11 Å². The van der Waals surface area contributed by atoms with Crippen LogP contribution in [0.3, 0.4) is 0 Å². The van der Waals surface area contributed by atoms with Crippen molar-refractivity contribution in [2.75, 3.05) is 39.3 Å². The third-order valence-electron chi connectivity index (χ3n) is 3.03. The van der Waals surface area contributed by atoms with Crippen LogP contribution in [0.1, 0.15) is 24.8 Å². The summed E-state index contributed by atoms with van der Waals surface area (Å²) in [5.74, 6) is 0.449. The molecule has 0 aromatic carbocycles. The second kappa shape index (κ2) is 7.14. The molecule has 1 aromatic heterocycles. The molecule has 0 bridgehead atoms. The molecule has 1 saturated heterocycles. The second-order valence-corrected chi connectivity index (χ2v) is 4.43. The topological polar surface area (TPSA) is 109 Å². The molecule has 2 heterocycles. The van der Waals surface area contributed by atoms with E-state index < -0.39 is 4.92 Å². The SMILES string of the molecule is CNc1nc(C2CCCO2)nc(OCCOC)c1[N+](=O)[O-]. The van der Waals surface area contributed by atoms with Gasteiger partial charge in [-0.3, -0.25) is 10.1 Å². The highest BCUT2D eigenvalue weighted by atomic mass is 16.6. The van der Waals surface area contributed by atoms with E-state index in [9.17, 15) is 10.1 Å². The molecule has 1 unspecified atom stereocenters. The van der Waals surface area contributed by atoms with Crippen LogP contribution >= 0.6 is 0 Å². The minimum Gasteiger partial charge on any atom is -0.470 e. The molecule has 1 aromatic rings. The lowest BCUT2D eigenvalue weighted by molar-refractivity contribution is -0.385. The van der Waals surface area contributed by atoms with Crippen LogP contribution in [0.2, 0.25) is 0 Å². The summed E-state index contributed by atoms with van der Waals surface area (Å²) in [6, 6.07) is 0. The zero-order valence-corrected chi connectivity index (χ0v) is 12.0. The molecule has 0 aliphatic carbocycles. The Labute approximate surface area is 121 Å². The molecule has 9 heteroatoms. The number of nitrogens with one attached hydrogen (secondary N) is 1. The van der Waals surface area contributed by atoms with E-state index in [0.29, 0.717) is 19.0 Å². The third kappa shape index (κ3) is 3.56. The van der Waals surface area contributed by atoms with Crippen molar-refractivity contribution in [1.82, 2.24) is 9.97 Å². The van der Waals surface area contributed by atoms with E-state index in [4.69, 9.17) is 14.2 Å². The van der Waals surface area contributed by atoms with Gasteiger partial charge in [-0.2, -0.15) is 4.98 Å². The number of anilines is 1. The number of hydrogen-bond donors (Lipinski definition) is 1. The zero-order valence-electron chi connectivity index (χ0n) is 12.0. The standard InChI is InChI=1S/C12H18N4O5/c1-13-11-9(16(17)18)12(21-7-6-19-2)15-10(14-11)8-4-3-5-20-8/h8H,3-7H2,1-2H3,(H,13,14,15). The largest absolute Gasteiger partial charge is 0.470 e. The molecule has 0 radical (unpaired) electrons. The van der Waals surface area contributed by atoms with Gasteiger partial charge in [0.15, 0.2) is 5.82 Å². The zero-order chi connectivity index (χ0) is 15.2. The molecule has 0 saturated carbocycles. The maximum absolute atomic E-state index is 11.2. The van der Waals surface area contributed by atoms with Crippen molar-refractivity contribution >= 4 is 11.5 Å². The van der Waals surface area contributed by atoms with Gasteiger partial charge in [-0.1, -0.05) is 0 Å². The fraction of sp³-hybridized carbons (Fsp3) is 0.667. The van der Waals surface area contributed by atoms with Gasteiger partial charge in [0.2, 0.25) is 5.82 Å². The first-order chi connectivity index (χ1) is 10.2. The molecule has 1 aliphatic rings. The average molecular weight is 298 g/mol. The highest BCUT2D eigenvalue weighted by molar-refractivity contribution is 5.61. The highest BCUT2D eigenvalue weighted by Gasteiger charge is 2.29. The normalized spacial score (nSPS) is 17.7. The maximum Gasteiger partial charge on any atom is 0.372 e. The van der Waals surface area contributed by atoms with Gasteiger partial charge >= 0.3 is 5.69 Å². The molecular weight excluding hydrogens is 280 g/mol. The van der Waals surface area contributed by atoms with Crippen LogP contribution in [0.15, 0.2) is 0 Å². The van der Waals surface area contributed by atoms with E-state index in [0.717, 1.165) is 12.8 Å². The van der Waals surface area contributed by atoms with Crippen LogP contribution in [-0.4, -0.2) is 48.9 Å². The Kier molecular flexibility index (Phi) is 5.23. The van der Waals surface area contributed by atoms with Crippen molar-refractivity contribution in [1.29, 1.82) is 0 Å². The molecule has 21 heavy (non-hydrogen) atoms. The number of ether oxygens (including phenoxy) is 3. The van der Waals surface area contributed by atoms with Crippen LogP contribution in [0.4, 0.5) is 11.5 Å². The minimum atomic E-state index is -0.562. The lowest BCUT2D eigenvalue weighted by Gasteiger charge is -2.13. The Balaban J connectivity index is 2.36. The number of aromatic nitrogens is 2. The Morgan fingerprint density at radius 2 is 2.29 bits per heavy atom. The third-order valence-corrected chi connectivity index (χ3v) is 3.03. The van der Waals surface area contributed by atoms with Crippen molar-refractivity contribution in [3.05, 3.63) is 15.9 Å². The summed E-state index contributed by atoms with van der Waals surface area (Å²) >= 11 is 0. The summed E-state index contributed by atoms with van der Waals surface area (Å²) < 4.78 is 15.8. The summed E-state index contributed by atoms with van der Waals surface area (Å²) in [4.78, 5) is 19.0. The molecule has 0 spiro atoms. The predicted octanol–water partition coefficient (Wildman–Crippen LogP) is 1.30. The van der Waals surface area contributed by atoms with Crippen molar-refractivity contribution in [2.45, 2.75) is 18.9 Å². The van der Waals surface area contributed by atoms with Crippen molar-refractivity contribution in [2.24, 2.45) is 0 Å². The monoisotopic (exact) mass is 298 g/mol. The van der Waals surface area contributed by atoms with E-state index >= 15 is 0 Å². The van der Waals surface area contributed by atoms with Gasteiger partial charge in [-0.05, 0) is 12.8 Å². The van der Waals surface area contributed by atoms with Crippen molar-refractivity contribution < 1.29 is 19.1 Å². The Morgan fingerprint density at radius 1 is 1.48 bits per heavy atom. The first-order valence-electron chi connectivity index (χ1n) is 6.64. The molecule has 1 N–H and O–H groups in total. The van der Waals surface area contributed by atoms with Gasteiger partial charge in [-0.25, -0.2) is 4.98 Å². The number of methoxy groups -OCH3 is 1. The number of hydrogen-bond acceptors (Lipinski definition) is 8. The van der Waals surface area contributed by atoms with Crippen LogP contribution in [-0.2, 0) is 9.47 Å². The fourth-order valence-corrected chi connectivity index (χ4v) is 2.04. The second-order valence-electron chi connectivity index (χ2n) is 4.43. The lowest BCUT2D eigenvalue weighted by atomic mass is 10.2. The van der Waals surface area contributed by atoms with Crippen molar-refractivity contribution in [3.63, 3.8) is 0 Å². The smallest absolute Gasteiger partial charge is 0.372 e. The molecule has 1 atom stereocenters. The predicted molar refractivity (Wildman–Crippen MR) is 73.5 cm³/mol. The van der Waals surface area contributed by atoms with E-state index in [1.807, 2.05) is 0 Å². The molecule has 2 rings (SSSR count). The first-order valence-corrected chi connectivity index (χ1v) is 6.64. The van der Waals surface area contributed by atoms with Gasteiger partial charge in [0.25, 0.3) is 5.88 Å². The Bertz CT molecular complexity index is 505. The lowest BCUT2D eigenvalue weighted by Crippen LogP contribution is -2.13. The summed E-state index contributed by atoms with van der Waals surface area (Å²) in [5, 5.41) is 13.9. The van der Waals surface area contributed by atoms with Crippen LogP contribution in [0.25, 0.3) is 0 Å². The highest BCUT2D eigenvalue weighted by Crippen LogP contribution is 2.35. The van der Waals surface area contributed by atoms with Gasteiger partial charge in [0.05, 0.1) is 11.5 Å². The Morgan fingerprint density at radius 3 is 2.86 bits per heavy atom. The summed E-state index contributed by atoms with van der Waals surface area (Å²) in [6.07, 6.45) is 1.46. The van der Waals surface area contributed by atoms with E-state index in [-0.39, 0.29) is 30.1 Å². The first kappa shape index (κ1) is 15.4.